The van der Waals surface area contributed by atoms with Gasteiger partial charge in [0.2, 0.25) is 35.4 Å². The van der Waals surface area contributed by atoms with Gasteiger partial charge in [0, 0.05) is 24.6 Å². The quantitative estimate of drug-likeness (QED) is 0.0452. The van der Waals surface area contributed by atoms with Gasteiger partial charge in [-0.15, -0.1) is 0 Å². The Hall–Kier alpha value is -5.09. The Bertz CT molecular complexity index is 1930. The number of halogens is 1. The van der Waals surface area contributed by atoms with Crippen molar-refractivity contribution < 1.29 is 67.8 Å². The summed E-state index contributed by atoms with van der Waals surface area (Å²) >= 11 is 3.45. The fraction of sp³-hybridized carbons (Fsp3) is 0.667. The topological polar surface area (TPSA) is 305 Å². The molecule has 1 aliphatic rings. The minimum absolute atomic E-state index is 0.0625. The molecule has 0 saturated carbocycles. The molecule has 0 bridgehead atoms. The lowest BCUT2D eigenvalue weighted by molar-refractivity contribution is -0.142. The Balaban J connectivity index is 2.49. The predicted molar refractivity (Wildman–Crippen MR) is 250 cm³/mol. The van der Waals surface area contributed by atoms with Gasteiger partial charge in [-0.25, -0.2) is 0 Å². The zero-order chi connectivity index (χ0) is 51.0. The maximum absolute atomic E-state index is 14.5. The lowest BCUT2D eigenvalue weighted by Crippen LogP contribution is -2.62. The predicted octanol–water partition coefficient (Wildman–Crippen LogP) is 2.55. The van der Waals surface area contributed by atoms with Crippen LogP contribution >= 0.6 is 15.9 Å². The number of aryl methyl sites for hydroxylation is 1. The average molecular weight is 1010 g/mol. The van der Waals surface area contributed by atoms with Crippen LogP contribution < -0.4 is 31.9 Å². The molecule has 1 aromatic carbocycles. The zero-order valence-corrected chi connectivity index (χ0v) is 41.8. The summed E-state index contributed by atoms with van der Waals surface area (Å²) in [7, 11) is -0.773. The molecule has 1 aliphatic heterocycles. The second-order valence-electron chi connectivity index (χ2n) is 19.4. The molecule has 22 heteroatoms. The molecule has 1 unspecified atom stereocenters. The van der Waals surface area contributed by atoms with Crippen LogP contribution in [0.2, 0.25) is 0 Å². The van der Waals surface area contributed by atoms with Crippen molar-refractivity contribution >= 4 is 76.4 Å². The summed E-state index contributed by atoms with van der Waals surface area (Å²) in [6, 6.07) is -0.314. The molecule has 0 spiro atoms. The van der Waals surface area contributed by atoms with Crippen molar-refractivity contribution in [3.63, 3.8) is 0 Å². The van der Waals surface area contributed by atoms with Crippen LogP contribution in [-0.2, 0) is 58.9 Å². The molecule has 0 aromatic heterocycles. The van der Waals surface area contributed by atoms with Gasteiger partial charge in [-0.3, -0.25) is 43.2 Å². The second-order valence-corrected chi connectivity index (χ2v) is 20.2. The Morgan fingerprint density at radius 2 is 1.18 bits per heavy atom. The number of nitrogens with one attached hydrogen (secondary N) is 6. The van der Waals surface area contributed by atoms with Crippen molar-refractivity contribution in [2.24, 2.45) is 11.3 Å². The second kappa shape index (κ2) is 25.9. The summed E-state index contributed by atoms with van der Waals surface area (Å²) < 4.78 is 12.6. The number of amides is 6. The molecule has 374 valence electrons. The number of rotatable bonds is 27. The van der Waals surface area contributed by atoms with Crippen molar-refractivity contribution in [1.82, 2.24) is 31.9 Å². The number of carboxylic acids is 3. The molecule has 1 aromatic rings. The van der Waals surface area contributed by atoms with Crippen molar-refractivity contribution in [1.29, 1.82) is 0 Å². The van der Waals surface area contributed by atoms with Gasteiger partial charge < -0.3 is 56.5 Å². The van der Waals surface area contributed by atoms with Crippen LogP contribution in [0.3, 0.4) is 0 Å². The van der Waals surface area contributed by atoms with E-state index in [1.807, 2.05) is 41.5 Å². The van der Waals surface area contributed by atoms with E-state index in [9.17, 15) is 53.4 Å². The fourth-order valence-electron chi connectivity index (χ4n) is 7.01. The largest absolute Gasteiger partial charge is 0.481 e. The smallest absolute Gasteiger partial charge is 0.481 e. The molecule has 1 fully saturated rings. The van der Waals surface area contributed by atoms with Gasteiger partial charge in [-0.1, -0.05) is 74.8 Å². The lowest BCUT2D eigenvalue weighted by Gasteiger charge is -2.34. The molecule has 2 rings (SSSR count). The molecule has 1 heterocycles. The third kappa shape index (κ3) is 19.2. The van der Waals surface area contributed by atoms with Gasteiger partial charge in [0.05, 0.1) is 30.0 Å². The molecular weight excluding hydrogens is 939 g/mol. The molecule has 9 N–H and O–H groups in total. The summed E-state index contributed by atoms with van der Waals surface area (Å²) in [4.78, 5) is 117. The molecule has 0 aliphatic carbocycles. The van der Waals surface area contributed by atoms with Gasteiger partial charge in [0.25, 0.3) is 0 Å². The number of alkyl halides is 1. The highest BCUT2D eigenvalue weighted by molar-refractivity contribution is 9.09. The first-order valence-corrected chi connectivity index (χ1v) is 23.5. The number of carbonyl (C=O) groups is 9. The van der Waals surface area contributed by atoms with Gasteiger partial charge in [0.15, 0.2) is 0 Å². The van der Waals surface area contributed by atoms with Crippen LogP contribution in [0.4, 0.5) is 0 Å². The minimum Gasteiger partial charge on any atom is -0.481 e. The van der Waals surface area contributed by atoms with E-state index in [1.165, 1.54) is 0 Å². The monoisotopic (exact) mass is 1010 g/mol. The highest BCUT2D eigenvalue weighted by Crippen LogP contribution is 2.38. The van der Waals surface area contributed by atoms with Crippen LogP contribution in [-0.4, -0.2) is 128 Å². The van der Waals surface area contributed by atoms with Crippen LogP contribution in [0.5, 0.6) is 0 Å². The van der Waals surface area contributed by atoms with E-state index in [1.54, 1.807) is 52.0 Å². The van der Waals surface area contributed by atoms with Crippen molar-refractivity contribution in [2.45, 2.75) is 174 Å². The zero-order valence-electron chi connectivity index (χ0n) is 40.2. The van der Waals surface area contributed by atoms with Gasteiger partial charge in [-0.2, -0.15) is 0 Å². The Kier molecular flexibility index (Phi) is 22.4. The standard InChI is InChI=1S/C45H70BBrN6O14/c1-25(2)22-29(40(63)52-32(16-13-21-47)46-66-44(7,8)45(9,10)67-46)51-42(65)37(43(4,5)6)53-41(64)30(23-27-15-12-11-14-26(27)3)50-38(61)28(17-19-34(55)56)49-39(62)31(24-36(59)60)48-33(54)18-20-35(57)58/h11-12,14-15,25,28-32,37H,13,16-24H2,1-10H3,(H,48,54)(H,49,62)(H,50,61)(H,51,65)(H,52,63)(H,53,64)(H,55,56)(H,57,58)(H,59,60)/t28-,29-,30-,31-,32?,37+/m0/s1. The normalized spacial score (nSPS) is 16.9. The minimum atomic E-state index is -1.79. The number of aliphatic carboxylic acids is 3. The molecule has 67 heavy (non-hydrogen) atoms. The summed E-state index contributed by atoms with van der Waals surface area (Å²) in [5, 5.41) is 44.2. The van der Waals surface area contributed by atoms with Crippen LogP contribution in [0.1, 0.15) is 125 Å². The Morgan fingerprint density at radius 3 is 1.70 bits per heavy atom. The first kappa shape index (κ1) is 58.0. The van der Waals surface area contributed by atoms with Crippen LogP contribution in [0.15, 0.2) is 24.3 Å². The van der Waals surface area contributed by atoms with E-state index in [0.29, 0.717) is 23.7 Å². The van der Waals surface area contributed by atoms with E-state index >= 15 is 0 Å². The number of carboxylic acid groups (broad SMARTS) is 3. The lowest BCUT2D eigenvalue weighted by atomic mass is 9.75. The Labute approximate surface area is 401 Å². The highest BCUT2D eigenvalue weighted by atomic mass is 79.9. The first-order valence-electron chi connectivity index (χ1n) is 22.4. The van der Waals surface area contributed by atoms with Crippen molar-refractivity contribution in [2.75, 3.05) is 5.33 Å². The van der Waals surface area contributed by atoms with Crippen LogP contribution in [0, 0.1) is 18.3 Å². The molecule has 20 nitrogen and oxygen atoms in total. The maximum atomic E-state index is 14.5. The number of carbonyl (C=O) groups excluding carboxylic acids is 6. The summed E-state index contributed by atoms with van der Waals surface area (Å²) in [5.74, 6) is -10.1. The third-order valence-corrected chi connectivity index (χ3v) is 12.1. The first-order chi connectivity index (χ1) is 31.0. The van der Waals surface area contributed by atoms with E-state index < -0.39 is 145 Å². The maximum Gasteiger partial charge on any atom is 0.481 e. The van der Waals surface area contributed by atoms with Crippen molar-refractivity contribution in [3.8, 4) is 0 Å². The Morgan fingerprint density at radius 1 is 0.657 bits per heavy atom. The number of hydrogen-bond acceptors (Lipinski definition) is 11. The third-order valence-electron chi connectivity index (χ3n) is 11.5. The highest BCUT2D eigenvalue weighted by Gasteiger charge is 2.54. The van der Waals surface area contributed by atoms with E-state index in [2.05, 4.69) is 47.8 Å². The molecule has 6 atom stereocenters. The van der Waals surface area contributed by atoms with E-state index in [-0.39, 0.29) is 18.8 Å². The molecular formula is C45H70BBrN6O14. The number of benzene rings is 1. The summed E-state index contributed by atoms with van der Waals surface area (Å²) in [6.45, 7) is 18.3. The van der Waals surface area contributed by atoms with Gasteiger partial charge >= 0.3 is 25.0 Å². The van der Waals surface area contributed by atoms with E-state index in [4.69, 9.17) is 14.4 Å². The summed E-state index contributed by atoms with van der Waals surface area (Å²) in [6.07, 6.45) is -2.10. The van der Waals surface area contributed by atoms with Gasteiger partial charge in [-0.05, 0) is 82.8 Å². The van der Waals surface area contributed by atoms with E-state index in [0.717, 1.165) is 5.56 Å². The molecule has 0 radical (unpaired) electrons. The fourth-order valence-corrected chi connectivity index (χ4v) is 7.33. The molecule has 6 amide bonds. The van der Waals surface area contributed by atoms with Gasteiger partial charge in [0.1, 0.15) is 30.2 Å². The summed E-state index contributed by atoms with van der Waals surface area (Å²) in [5.41, 5.74) is -0.968. The van der Waals surface area contributed by atoms with Crippen molar-refractivity contribution in [3.05, 3.63) is 35.4 Å². The number of hydrogen-bond donors (Lipinski definition) is 9. The average Bonchev–Trinajstić information content (AvgIpc) is 3.43. The van der Waals surface area contributed by atoms with Crippen LogP contribution in [0.25, 0.3) is 0 Å². The molecule has 1 saturated heterocycles. The SMILES string of the molecule is Cc1ccccc1C[C@H](NC(=O)[C@H](CCC(=O)O)NC(=O)[C@H](CC(=O)O)NC(=O)CCC(=O)O)C(=O)N[C@H](C(=O)N[C@@H](CC(C)C)C(=O)NC(CCCBr)B1OC(C)(C)C(C)(C)O1)C(C)(C)C.